The Labute approximate surface area is 93.1 Å². The molecule has 0 aliphatic carbocycles. The third-order valence-electron chi connectivity index (χ3n) is 2.38. The molecule has 0 fully saturated rings. The van der Waals surface area contributed by atoms with Gasteiger partial charge in [0.1, 0.15) is 0 Å². The van der Waals surface area contributed by atoms with E-state index < -0.39 is 5.97 Å². The number of benzene rings is 1. The fourth-order valence-electron chi connectivity index (χ4n) is 1.58. The van der Waals surface area contributed by atoms with E-state index in [2.05, 4.69) is 5.10 Å². The number of carboxylic acids is 1. The first-order valence-corrected chi connectivity index (χ1v) is 4.97. The van der Waals surface area contributed by atoms with Gasteiger partial charge in [0.15, 0.2) is 0 Å². The monoisotopic (exact) mass is 216 g/mol. The van der Waals surface area contributed by atoms with Gasteiger partial charge in [-0.2, -0.15) is 5.10 Å². The zero-order chi connectivity index (χ0) is 11.5. The van der Waals surface area contributed by atoms with Gasteiger partial charge in [0.05, 0.1) is 12.1 Å². The molecule has 1 aromatic heterocycles. The molecule has 0 spiro atoms. The third-order valence-corrected chi connectivity index (χ3v) is 2.38. The summed E-state index contributed by atoms with van der Waals surface area (Å²) in [7, 11) is 1.75. The number of hydrogen-bond donors (Lipinski definition) is 1. The van der Waals surface area contributed by atoms with Crippen molar-refractivity contribution in [1.29, 1.82) is 0 Å². The lowest BCUT2D eigenvalue weighted by Gasteiger charge is -1.95. The molecule has 0 aliphatic heterocycles. The molecule has 4 nitrogen and oxygen atoms in total. The molecular formula is C12H12N2O2. The Morgan fingerprint density at radius 1 is 1.38 bits per heavy atom. The van der Waals surface area contributed by atoms with Crippen LogP contribution in [0.1, 0.15) is 5.69 Å². The van der Waals surface area contributed by atoms with Crippen LogP contribution in [0, 0.1) is 0 Å². The maximum Gasteiger partial charge on any atom is 0.309 e. The number of rotatable bonds is 3. The van der Waals surface area contributed by atoms with Crippen molar-refractivity contribution in [1.82, 2.24) is 9.78 Å². The SMILES string of the molecule is Cn1nc(-c2ccccc2)cc1CC(=O)O. The van der Waals surface area contributed by atoms with Crippen molar-refractivity contribution in [3.63, 3.8) is 0 Å². The van der Waals surface area contributed by atoms with Crippen LogP contribution in [0.2, 0.25) is 0 Å². The van der Waals surface area contributed by atoms with E-state index in [0.717, 1.165) is 11.3 Å². The second-order valence-corrected chi connectivity index (χ2v) is 3.58. The topological polar surface area (TPSA) is 55.1 Å². The number of aromatic nitrogens is 2. The van der Waals surface area contributed by atoms with Crippen molar-refractivity contribution >= 4 is 5.97 Å². The van der Waals surface area contributed by atoms with Gasteiger partial charge >= 0.3 is 5.97 Å². The van der Waals surface area contributed by atoms with Crippen LogP contribution in [-0.2, 0) is 18.3 Å². The molecule has 0 atom stereocenters. The van der Waals surface area contributed by atoms with Gasteiger partial charge in [-0.3, -0.25) is 9.48 Å². The van der Waals surface area contributed by atoms with Crippen LogP contribution in [0.5, 0.6) is 0 Å². The van der Waals surface area contributed by atoms with Crippen LogP contribution in [0.25, 0.3) is 11.3 Å². The summed E-state index contributed by atoms with van der Waals surface area (Å²) in [6.45, 7) is 0. The molecule has 2 aromatic rings. The van der Waals surface area contributed by atoms with Gasteiger partial charge in [0.25, 0.3) is 0 Å². The first-order valence-electron chi connectivity index (χ1n) is 4.97. The average Bonchev–Trinajstić information content (AvgIpc) is 2.61. The molecule has 4 heteroatoms. The van der Waals surface area contributed by atoms with Gasteiger partial charge in [0.2, 0.25) is 0 Å². The molecular weight excluding hydrogens is 204 g/mol. The Morgan fingerprint density at radius 2 is 2.06 bits per heavy atom. The minimum atomic E-state index is -0.845. The summed E-state index contributed by atoms with van der Waals surface area (Å²) < 4.78 is 1.61. The van der Waals surface area contributed by atoms with Crippen molar-refractivity contribution in [2.24, 2.45) is 7.05 Å². The number of carboxylic acid groups (broad SMARTS) is 1. The van der Waals surface area contributed by atoms with Crippen LogP contribution in [0.3, 0.4) is 0 Å². The standard InChI is InChI=1S/C12H12N2O2/c1-14-10(8-12(15)16)7-11(13-14)9-5-3-2-4-6-9/h2-7H,8H2,1H3,(H,15,16). The van der Waals surface area contributed by atoms with Crippen molar-refractivity contribution < 1.29 is 9.90 Å². The summed E-state index contributed by atoms with van der Waals surface area (Å²) in [4.78, 5) is 10.6. The van der Waals surface area contributed by atoms with Crippen molar-refractivity contribution in [2.45, 2.75) is 6.42 Å². The Bertz CT molecular complexity index is 503. The van der Waals surface area contributed by atoms with Crippen LogP contribution >= 0.6 is 0 Å². The highest BCUT2D eigenvalue weighted by atomic mass is 16.4. The van der Waals surface area contributed by atoms with E-state index in [9.17, 15) is 4.79 Å². The Kier molecular flexibility index (Phi) is 2.72. The quantitative estimate of drug-likeness (QED) is 0.849. The zero-order valence-electron chi connectivity index (χ0n) is 8.92. The van der Waals surface area contributed by atoms with Gasteiger partial charge in [-0.05, 0) is 6.07 Å². The van der Waals surface area contributed by atoms with Crippen LogP contribution in [-0.4, -0.2) is 20.9 Å². The molecule has 1 N–H and O–H groups in total. The van der Waals surface area contributed by atoms with Crippen LogP contribution < -0.4 is 0 Å². The molecule has 0 unspecified atom stereocenters. The molecule has 82 valence electrons. The van der Waals surface area contributed by atoms with Gasteiger partial charge in [-0.15, -0.1) is 0 Å². The van der Waals surface area contributed by atoms with Crippen LogP contribution in [0.15, 0.2) is 36.4 Å². The summed E-state index contributed by atoms with van der Waals surface area (Å²) in [5.41, 5.74) is 2.50. The molecule has 16 heavy (non-hydrogen) atoms. The lowest BCUT2D eigenvalue weighted by atomic mass is 10.1. The molecule has 0 saturated carbocycles. The highest BCUT2D eigenvalue weighted by Gasteiger charge is 2.09. The molecule has 0 radical (unpaired) electrons. The number of aliphatic carboxylic acids is 1. The Hall–Kier alpha value is -2.10. The maximum absolute atomic E-state index is 10.6. The Morgan fingerprint density at radius 3 is 2.69 bits per heavy atom. The molecule has 1 aromatic carbocycles. The predicted molar refractivity (Wildman–Crippen MR) is 60.0 cm³/mol. The zero-order valence-corrected chi connectivity index (χ0v) is 8.92. The summed E-state index contributed by atoms with van der Waals surface area (Å²) in [6.07, 6.45) is -0.00364. The van der Waals surface area contributed by atoms with E-state index in [1.54, 1.807) is 11.7 Å². The predicted octanol–water partition coefficient (Wildman–Crippen LogP) is 1.71. The summed E-state index contributed by atoms with van der Waals surface area (Å²) in [6, 6.07) is 11.5. The van der Waals surface area contributed by atoms with Gasteiger partial charge in [-0.1, -0.05) is 30.3 Å². The minimum Gasteiger partial charge on any atom is -0.481 e. The average molecular weight is 216 g/mol. The highest BCUT2D eigenvalue weighted by molar-refractivity contribution is 5.70. The molecule has 0 amide bonds. The maximum atomic E-state index is 10.6. The minimum absolute atomic E-state index is 0.00364. The molecule has 2 rings (SSSR count). The van der Waals surface area contributed by atoms with Crippen LogP contribution in [0.4, 0.5) is 0 Å². The second-order valence-electron chi connectivity index (χ2n) is 3.58. The van der Waals surface area contributed by atoms with E-state index in [1.807, 2.05) is 36.4 Å². The van der Waals surface area contributed by atoms with Gasteiger partial charge in [0, 0.05) is 18.3 Å². The fourth-order valence-corrected chi connectivity index (χ4v) is 1.58. The molecule has 0 saturated heterocycles. The normalized spacial score (nSPS) is 10.3. The smallest absolute Gasteiger partial charge is 0.309 e. The van der Waals surface area contributed by atoms with E-state index in [0.29, 0.717) is 5.69 Å². The molecule has 0 aliphatic rings. The van der Waals surface area contributed by atoms with Gasteiger partial charge in [-0.25, -0.2) is 0 Å². The Balaban J connectivity index is 2.34. The lowest BCUT2D eigenvalue weighted by Crippen LogP contribution is -2.05. The first-order chi connectivity index (χ1) is 7.66. The number of hydrogen-bond acceptors (Lipinski definition) is 2. The second kappa shape index (κ2) is 4.18. The largest absolute Gasteiger partial charge is 0.481 e. The van der Waals surface area contributed by atoms with Crippen molar-refractivity contribution in [3.8, 4) is 11.3 Å². The number of aryl methyl sites for hydroxylation is 1. The van der Waals surface area contributed by atoms with Gasteiger partial charge < -0.3 is 5.11 Å². The van der Waals surface area contributed by atoms with E-state index in [1.165, 1.54) is 0 Å². The van der Waals surface area contributed by atoms with Crippen molar-refractivity contribution in [3.05, 3.63) is 42.1 Å². The summed E-state index contributed by atoms with van der Waals surface area (Å²) in [5.74, 6) is -0.845. The van der Waals surface area contributed by atoms with Crippen molar-refractivity contribution in [2.75, 3.05) is 0 Å². The van der Waals surface area contributed by atoms with E-state index >= 15 is 0 Å². The number of nitrogens with zero attached hydrogens (tertiary/aromatic N) is 2. The molecule has 1 heterocycles. The summed E-state index contributed by atoms with van der Waals surface area (Å²) in [5, 5.41) is 13.0. The number of carbonyl (C=O) groups is 1. The summed E-state index contributed by atoms with van der Waals surface area (Å²) >= 11 is 0. The lowest BCUT2D eigenvalue weighted by molar-refractivity contribution is -0.136. The fraction of sp³-hybridized carbons (Fsp3) is 0.167. The first kappa shape index (κ1) is 10.4. The van der Waals surface area contributed by atoms with E-state index in [-0.39, 0.29) is 6.42 Å². The van der Waals surface area contributed by atoms with E-state index in [4.69, 9.17) is 5.11 Å². The molecule has 0 bridgehead atoms. The third kappa shape index (κ3) is 2.11. The highest BCUT2D eigenvalue weighted by Crippen LogP contribution is 2.18.